The summed E-state index contributed by atoms with van der Waals surface area (Å²) in [6.45, 7) is 6.96. The number of pyridine rings is 1. The maximum absolute atomic E-state index is 13.0. The van der Waals surface area contributed by atoms with Gasteiger partial charge in [0.05, 0.1) is 16.5 Å². The molecule has 7 heteroatoms. The van der Waals surface area contributed by atoms with Crippen molar-refractivity contribution in [2.24, 2.45) is 0 Å². The molecule has 1 N–H and O–H groups in total. The number of ketones is 1. The lowest BCUT2D eigenvalue weighted by atomic mass is 9.96. The monoisotopic (exact) mass is 385 g/mol. The first kappa shape index (κ1) is 19.3. The Morgan fingerprint density at radius 1 is 1.30 bits per heavy atom. The molecule has 3 rings (SSSR count). The minimum atomic E-state index is -0.628. The van der Waals surface area contributed by atoms with E-state index in [2.05, 4.69) is 23.7 Å². The molecule has 142 valence electrons. The summed E-state index contributed by atoms with van der Waals surface area (Å²) in [7, 11) is 0. The normalized spacial score (nSPS) is 17.2. The second-order valence-electron chi connectivity index (χ2n) is 6.28. The SMILES string of the molecule is CCN(CC)CCN1C(=O)C(O)=C(C(=O)c2cccs2)[C@@H]1c1cccnc1. The molecule has 2 aromatic rings. The molecule has 0 spiro atoms. The van der Waals surface area contributed by atoms with E-state index >= 15 is 0 Å². The van der Waals surface area contributed by atoms with Gasteiger partial charge < -0.3 is 14.9 Å². The Balaban J connectivity index is 1.98. The number of carbonyl (C=O) groups excluding carboxylic acids is 2. The Morgan fingerprint density at radius 2 is 2.07 bits per heavy atom. The van der Waals surface area contributed by atoms with Crippen LogP contribution in [-0.2, 0) is 4.79 Å². The fourth-order valence-corrected chi connectivity index (χ4v) is 4.01. The highest BCUT2D eigenvalue weighted by Crippen LogP contribution is 2.39. The van der Waals surface area contributed by atoms with Gasteiger partial charge in [-0.3, -0.25) is 14.6 Å². The molecule has 27 heavy (non-hydrogen) atoms. The molecule has 2 aromatic heterocycles. The summed E-state index contributed by atoms with van der Waals surface area (Å²) in [5, 5.41) is 12.4. The fraction of sp³-hybridized carbons (Fsp3) is 0.350. The summed E-state index contributed by atoms with van der Waals surface area (Å²) >= 11 is 1.30. The van der Waals surface area contributed by atoms with E-state index in [0.29, 0.717) is 23.5 Å². The Bertz CT molecular complexity index is 829. The Hall–Kier alpha value is -2.51. The molecular weight excluding hydrogens is 362 g/mol. The quantitative estimate of drug-likeness (QED) is 0.707. The molecular formula is C20H23N3O3S. The summed E-state index contributed by atoms with van der Waals surface area (Å²) in [5.74, 6) is -1.27. The van der Waals surface area contributed by atoms with Gasteiger partial charge in [-0.25, -0.2) is 0 Å². The standard InChI is InChI=1S/C20H23N3O3S/c1-3-22(4-2)10-11-23-17(14-7-5-9-21-13-14)16(19(25)20(23)26)18(24)15-8-6-12-27-15/h5-9,12-13,17,25H,3-4,10-11H2,1-2H3/t17-/m0/s1. The molecule has 1 atom stereocenters. The van der Waals surface area contributed by atoms with Crippen molar-refractivity contribution in [2.45, 2.75) is 19.9 Å². The molecule has 1 aliphatic rings. The summed E-state index contributed by atoms with van der Waals surface area (Å²) in [6.07, 6.45) is 3.29. The molecule has 0 saturated carbocycles. The Labute approximate surface area is 162 Å². The number of hydrogen-bond acceptors (Lipinski definition) is 6. The minimum Gasteiger partial charge on any atom is -0.503 e. The molecule has 0 fully saturated rings. The number of nitrogens with zero attached hydrogens (tertiary/aromatic N) is 3. The highest BCUT2D eigenvalue weighted by atomic mass is 32.1. The van der Waals surface area contributed by atoms with Crippen LogP contribution in [-0.4, -0.2) is 57.8 Å². The molecule has 0 radical (unpaired) electrons. The van der Waals surface area contributed by atoms with E-state index in [-0.39, 0.29) is 11.4 Å². The predicted octanol–water partition coefficient (Wildman–Crippen LogP) is 3.06. The first-order valence-corrected chi connectivity index (χ1v) is 9.91. The number of carbonyl (C=O) groups is 2. The van der Waals surface area contributed by atoms with E-state index in [1.807, 2.05) is 6.07 Å². The number of aromatic nitrogens is 1. The number of likely N-dealkylation sites (N-methyl/N-ethyl adjacent to an activating group) is 1. The average molecular weight is 385 g/mol. The van der Waals surface area contributed by atoms with Gasteiger partial charge >= 0.3 is 0 Å². The third kappa shape index (κ3) is 3.79. The van der Waals surface area contributed by atoms with E-state index < -0.39 is 17.7 Å². The van der Waals surface area contributed by atoms with Gasteiger partial charge in [-0.1, -0.05) is 26.0 Å². The number of rotatable bonds is 8. The molecule has 0 aromatic carbocycles. The van der Waals surface area contributed by atoms with Crippen LogP contribution in [0.3, 0.4) is 0 Å². The van der Waals surface area contributed by atoms with Crippen LogP contribution in [0.4, 0.5) is 0 Å². The number of aliphatic hydroxyl groups excluding tert-OH is 1. The topological polar surface area (TPSA) is 73.7 Å². The number of thiophene rings is 1. The van der Waals surface area contributed by atoms with Crippen LogP contribution in [0.15, 0.2) is 53.4 Å². The molecule has 1 aliphatic heterocycles. The highest BCUT2D eigenvalue weighted by Gasteiger charge is 2.43. The first-order valence-electron chi connectivity index (χ1n) is 9.03. The molecule has 6 nitrogen and oxygen atoms in total. The third-order valence-corrected chi connectivity index (χ3v) is 5.71. The van der Waals surface area contributed by atoms with Gasteiger partial charge in [0.25, 0.3) is 5.91 Å². The minimum absolute atomic E-state index is 0.134. The number of amides is 1. The van der Waals surface area contributed by atoms with Crippen molar-refractivity contribution in [3.8, 4) is 0 Å². The Kier molecular flexibility index (Phi) is 6.03. The third-order valence-electron chi connectivity index (χ3n) is 4.84. The van der Waals surface area contributed by atoms with Crippen LogP contribution in [0, 0.1) is 0 Å². The van der Waals surface area contributed by atoms with Crippen LogP contribution in [0.1, 0.15) is 35.1 Å². The van der Waals surface area contributed by atoms with Gasteiger partial charge in [0.2, 0.25) is 5.78 Å². The van der Waals surface area contributed by atoms with E-state index in [4.69, 9.17) is 0 Å². The molecule has 0 aliphatic carbocycles. The zero-order valence-corrected chi connectivity index (χ0v) is 16.3. The van der Waals surface area contributed by atoms with E-state index in [0.717, 1.165) is 13.1 Å². The summed E-state index contributed by atoms with van der Waals surface area (Å²) in [4.78, 5) is 34.2. The van der Waals surface area contributed by atoms with Crippen molar-refractivity contribution in [2.75, 3.05) is 26.2 Å². The fourth-order valence-electron chi connectivity index (χ4n) is 3.33. The van der Waals surface area contributed by atoms with Crippen LogP contribution in [0.25, 0.3) is 0 Å². The van der Waals surface area contributed by atoms with Crippen LogP contribution in [0.2, 0.25) is 0 Å². The molecule has 0 saturated heterocycles. The second kappa shape index (κ2) is 8.45. The lowest BCUT2D eigenvalue weighted by Crippen LogP contribution is -2.38. The van der Waals surface area contributed by atoms with Crippen LogP contribution in [0.5, 0.6) is 0 Å². The summed E-state index contributed by atoms with van der Waals surface area (Å²) in [6, 6.07) is 6.46. The number of hydrogen-bond donors (Lipinski definition) is 1. The van der Waals surface area contributed by atoms with E-state index in [1.54, 1.807) is 40.9 Å². The highest BCUT2D eigenvalue weighted by molar-refractivity contribution is 7.12. The maximum Gasteiger partial charge on any atom is 0.290 e. The lowest BCUT2D eigenvalue weighted by molar-refractivity contribution is -0.129. The largest absolute Gasteiger partial charge is 0.503 e. The van der Waals surface area contributed by atoms with Crippen molar-refractivity contribution in [1.82, 2.24) is 14.8 Å². The average Bonchev–Trinajstić information content (AvgIpc) is 3.31. The summed E-state index contributed by atoms with van der Waals surface area (Å²) in [5.41, 5.74) is 0.851. The van der Waals surface area contributed by atoms with Gasteiger partial charge in [-0.15, -0.1) is 11.3 Å². The van der Waals surface area contributed by atoms with Crippen molar-refractivity contribution in [1.29, 1.82) is 0 Å². The number of Topliss-reactive ketones (excluding diaryl/α,β-unsaturated/α-hetero) is 1. The van der Waals surface area contributed by atoms with Gasteiger partial charge in [0, 0.05) is 25.5 Å². The molecule has 0 unspecified atom stereocenters. The van der Waals surface area contributed by atoms with Crippen LogP contribution < -0.4 is 0 Å². The zero-order chi connectivity index (χ0) is 19.4. The Morgan fingerprint density at radius 3 is 2.67 bits per heavy atom. The molecule has 1 amide bonds. The van der Waals surface area contributed by atoms with Gasteiger partial charge in [-0.2, -0.15) is 0 Å². The van der Waals surface area contributed by atoms with Crippen LogP contribution >= 0.6 is 11.3 Å². The van der Waals surface area contributed by atoms with Gasteiger partial charge in [-0.05, 0) is 36.2 Å². The lowest BCUT2D eigenvalue weighted by Gasteiger charge is -2.29. The van der Waals surface area contributed by atoms with Crippen molar-refractivity contribution in [3.05, 3.63) is 63.8 Å². The smallest absolute Gasteiger partial charge is 0.290 e. The molecule has 0 bridgehead atoms. The number of aliphatic hydroxyl groups is 1. The first-order chi connectivity index (χ1) is 13.1. The van der Waals surface area contributed by atoms with Crippen molar-refractivity contribution < 1.29 is 14.7 Å². The van der Waals surface area contributed by atoms with Gasteiger partial charge in [0.1, 0.15) is 0 Å². The van der Waals surface area contributed by atoms with E-state index in [9.17, 15) is 14.7 Å². The maximum atomic E-state index is 13.0. The summed E-state index contributed by atoms with van der Waals surface area (Å²) < 4.78 is 0. The molecule has 3 heterocycles. The second-order valence-corrected chi connectivity index (χ2v) is 7.23. The predicted molar refractivity (Wildman–Crippen MR) is 105 cm³/mol. The zero-order valence-electron chi connectivity index (χ0n) is 15.5. The van der Waals surface area contributed by atoms with Crippen molar-refractivity contribution >= 4 is 23.0 Å². The van der Waals surface area contributed by atoms with Crippen molar-refractivity contribution in [3.63, 3.8) is 0 Å². The van der Waals surface area contributed by atoms with Gasteiger partial charge in [0.15, 0.2) is 5.76 Å². The van der Waals surface area contributed by atoms with E-state index in [1.165, 1.54) is 11.3 Å².